The predicted molar refractivity (Wildman–Crippen MR) is 83.4 cm³/mol. The third kappa shape index (κ3) is 3.41. The molecule has 0 fully saturated rings. The molecule has 2 rings (SSSR count). The van der Waals surface area contributed by atoms with E-state index in [1.165, 1.54) is 12.1 Å². The maximum Gasteiger partial charge on any atom is 0.164 e. The molecule has 0 aliphatic rings. The lowest BCUT2D eigenvalue weighted by Gasteiger charge is -2.13. The van der Waals surface area contributed by atoms with Crippen LogP contribution in [0.5, 0.6) is 17.2 Å². The first kappa shape index (κ1) is 15.5. The molecule has 108 valence electrons. The Bertz CT molecular complexity index is 698. The molecule has 5 heteroatoms. The van der Waals surface area contributed by atoms with Crippen molar-refractivity contribution >= 4 is 23.2 Å². The van der Waals surface area contributed by atoms with E-state index in [-0.39, 0.29) is 27.5 Å². The fourth-order valence-corrected chi connectivity index (χ4v) is 2.46. The van der Waals surface area contributed by atoms with Crippen molar-refractivity contribution < 1.29 is 9.84 Å². The number of benzene rings is 2. The molecule has 0 unspecified atom stereocenters. The summed E-state index contributed by atoms with van der Waals surface area (Å²) in [6, 6.07) is 9.90. The number of phenols is 1. The molecular weight excluding hydrogens is 309 g/mol. The lowest BCUT2D eigenvalue weighted by Crippen LogP contribution is -1.92. The lowest BCUT2D eigenvalue weighted by atomic mass is 10.0. The second-order valence-electron chi connectivity index (χ2n) is 4.86. The normalized spacial score (nSPS) is 10.5. The van der Waals surface area contributed by atoms with Gasteiger partial charge in [0.15, 0.2) is 5.75 Å². The Kier molecular flexibility index (Phi) is 4.62. The summed E-state index contributed by atoms with van der Waals surface area (Å²) in [6.07, 6.45) is 0. The maximum absolute atomic E-state index is 9.81. The van der Waals surface area contributed by atoms with Crippen molar-refractivity contribution in [2.75, 3.05) is 0 Å². The standard InChI is InChI=1S/C16H13Cl2NO2/c1-9(2)12-7-11(3-4-15(12)20)21-16-13(17)5-10(8-19)6-14(16)18/h3-7,9,20H,1-2H3. The minimum absolute atomic E-state index is 0.153. The van der Waals surface area contributed by atoms with Gasteiger partial charge >= 0.3 is 0 Å². The number of phenolic OH excluding ortho intramolecular Hbond substituents is 1. The summed E-state index contributed by atoms with van der Waals surface area (Å²) in [7, 11) is 0. The average molecular weight is 322 g/mol. The van der Waals surface area contributed by atoms with E-state index in [1.54, 1.807) is 18.2 Å². The van der Waals surface area contributed by atoms with Gasteiger partial charge in [-0.25, -0.2) is 0 Å². The minimum Gasteiger partial charge on any atom is -0.508 e. The summed E-state index contributed by atoms with van der Waals surface area (Å²) in [5, 5.41) is 19.2. The van der Waals surface area contributed by atoms with Gasteiger partial charge in [-0.1, -0.05) is 37.0 Å². The van der Waals surface area contributed by atoms with Crippen molar-refractivity contribution in [2.45, 2.75) is 19.8 Å². The van der Waals surface area contributed by atoms with Crippen LogP contribution in [-0.2, 0) is 0 Å². The smallest absolute Gasteiger partial charge is 0.164 e. The number of nitrogens with zero attached hydrogens (tertiary/aromatic N) is 1. The average Bonchev–Trinajstić information content (AvgIpc) is 2.43. The highest BCUT2D eigenvalue weighted by molar-refractivity contribution is 6.37. The Morgan fingerprint density at radius 1 is 1.14 bits per heavy atom. The van der Waals surface area contributed by atoms with Gasteiger partial charge in [0.25, 0.3) is 0 Å². The molecular formula is C16H13Cl2NO2. The van der Waals surface area contributed by atoms with Crippen LogP contribution < -0.4 is 4.74 Å². The molecule has 0 aliphatic heterocycles. The zero-order valence-corrected chi connectivity index (χ0v) is 13.0. The van der Waals surface area contributed by atoms with E-state index in [1.807, 2.05) is 19.9 Å². The molecule has 2 aromatic rings. The van der Waals surface area contributed by atoms with Gasteiger partial charge in [-0.3, -0.25) is 0 Å². The predicted octanol–water partition coefficient (Wildman–Crippen LogP) is 5.49. The number of hydrogen-bond acceptors (Lipinski definition) is 3. The fraction of sp³-hybridized carbons (Fsp3) is 0.188. The van der Waals surface area contributed by atoms with Crippen molar-refractivity contribution in [2.24, 2.45) is 0 Å². The highest BCUT2D eigenvalue weighted by atomic mass is 35.5. The van der Waals surface area contributed by atoms with Gasteiger partial charge in [-0.2, -0.15) is 5.26 Å². The molecule has 21 heavy (non-hydrogen) atoms. The Labute approximate surface area is 133 Å². The van der Waals surface area contributed by atoms with E-state index in [0.717, 1.165) is 5.56 Å². The molecule has 0 radical (unpaired) electrons. The quantitative estimate of drug-likeness (QED) is 0.813. The van der Waals surface area contributed by atoms with Crippen LogP contribution in [0.25, 0.3) is 0 Å². The topological polar surface area (TPSA) is 53.2 Å². The van der Waals surface area contributed by atoms with Crippen LogP contribution in [0.15, 0.2) is 30.3 Å². The summed E-state index contributed by atoms with van der Waals surface area (Å²) < 4.78 is 5.70. The van der Waals surface area contributed by atoms with E-state index in [2.05, 4.69) is 0 Å². The van der Waals surface area contributed by atoms with Crippen molar-refractivity contribution in [3.8, 4) is 23.3 Å². The molecule has 0 saturated heterocycles. The summed E-state index contributed by atoms with van der Waals surface area (Å²) in [4.78, 5) is 0. The number of aromatic hydroxyl groups is 1. The van der Waals surface area contributed by atoms with Crippen molar-refractivity contribution in [1.29, 1.82) is 5.26 Å². The summed E-state index contributed by atoms with van der Waals surface area (Å²) in [5.41, 5.74) is 1.14. The second kappa shape index (κ2) is 6.26. The van der Waals surface area contributed by atoms with Crippen molar-refractivity contribution in [1.82, 2.24) is 0 Å². The van der Waals surface area contributed by atoms with Crippen LogP contribution in [-0.4, -0.2) is 5.11 Å². The first-order chi connectivity index (χ1) is 9.92. The molecule has 0 saturated carbocycles. The van der Waals surface area contributed by atoms with E-state index < -0.39 is 0 Å². The molecule has 0 amide bonds. The van der Waals surface area contributed by atoms with Gasteiger partial charge in [0.2, 0.25) is 0 Å². The van der Waals surface area contributed by atoms with Gasteiger partial charge in [-0.05, 0) is 36.2 Å². The van der Waals surface area contributed by atoms with Crippen LogP contribution in [0.3, 0.4) is 0 Å². The Balaban J connectivity index is 2.39. The third-order valence-electron chi connectivity index (χ3n) is 2.97. The van der Waals surface area contributed by atoms with Crippen molar-refractivity contribution in [3.63, 3.8) is 0 Å². The van der Waals surface area contributed by atoms with Gasteiger partial charge < -0.3 is 9.84 Å². The van der Waals surface area contributed by atoms with Crippen LogP contribution in [0.1, 0.15) is 30.9 Å². The Morgan fingerprint density at radius 2 is 1.76 bits per heavy atom. The molecule has 0 aromatic heterocycles. The van der Waals surface area contributed by atoms with E-state index in [0.29, 0.717) is 11.3 Å². The van der Waals surface area contributed by atoms with E-state index >= 15 is 0 Å². The molecule has 0 spiro atoms. The zero-order chi connectivity index (χ0) is 15.6. The third-order valence-corrected chi connectivity index (χ3v) is 3.53. The number of rotatable bonds is 3. The van der Waals surface area contributed by atoms with Gasteiger partial charge in [0.05, 0.1) is 21.7 Å². The molecule has 1 N–H and O–H groups in total. The fourth-order valence-electron chi connectivity index (χ4n) is 1.90. The summed E-state index contributed by atoms with van der Waals surface area (Å²) in [6.45, 7) is 3.95. The lowest BCUT2D eigenvalue weighted by molar-refractivity contribution is 0.455. The molecule has 2 aromatic carbocycles. The Hall–Kier alpha value is -1.89. The minimum atomic E-state index is 0.153. The molecule has 0 bridgehead atoms. The number of hydrogen-bond donors (Lipinski definition) is 1. The Morgan fingerprint density at radius 3 is 2.29 bits per heavy atom. The zero-order valence-electron chi connectivity index (χ0n) is 11.5. The number of ether oxygens (including phenoxy) is 1. The largest absolute Gasteiger partial charge is 0.508 e. The first-order valence-electron chi connectivity index (χ1n) is 6.32. The first-order valence-corrected chi connectivity index (χ1v) is 7.08. The summed E-state index contributed by atoms with van der Waals surface area (Å²) in [5.74, 6) is 1.18. The van der Waals surface area contributed by atoms with Crippen molar-refractivity contribution in [3.05, 3.63) is 51.5 Å². The van der Waals surface area contributed by atoms with E-state index in [9.17, 15) is 5.11 Å². The van der Waals surface area contributed by atoms with Gasteiger partial charge in [0, 0.05) is 5.56 Å². The maximum atomic E-state index is 9.81. The van der Waals surface area contributed by atoms with E-state index in [4.69, 9.17) is 33.2 Å². The molecule has 3 nitrogen and oxygen atoms in total. The molecule has 0 aliphatic carbocycles. The van der Waals surface area contributed by atoms with Crippen LogP contribution in [0.2, 0.25) is 10.0 Å². The molecule has 0 heterocycles. The van der Waals surface area contributed by atoms with Crippen LogP contribution >= 0.6 is 23.2 Å². The number of nitriles is 1. The van der Waals surface area contributed by atoms with Gasteiger partial charge in [-0.15, -0.1) is 0 Å². The van der Waals surface area contributed by atoms with Crippen LogP contribution in [0.4, 0.5) is 0 Å². The SMILES string of the molecule is CC(C)c1cc(Oc2c(Cl)cc(C#N)cc2Cl)ccc1O. The highest BCUT2D eigenvalue weighted by Gasteiger charge is 2.13. The van der Waals surface area contributed by atoms with Gasteiger partial charge in [0.1, 0.15) is 11.5 Å². The van der Waals surface area contributed by atoms with Crippen LogP contribution in [0, 0.1) is 11.3 Å². The monoisotopic (exact) mass is 321 g/mol. The molecule has 0 atom stereocenters. The highest BCUT2D eigenvalue weighted by Crippen LogP contribution is 2.39. The second-order valence-corrected chi connectivity index (χ2v) is 5.67. The number of halogens is 2. The summed E-state index contributed by atoms with van der Waals surface area (Å²) >= 11 is 12.2.